The van der Waals surface area contributed by atoms with Gasteiger partial charge < -0.3 is 27.1 Å². The summed E-state index contributed by atoms with van der Waals surface area (Å²) in [4.78, 5) is 14.4. The number of hydrogen-bond donors (Lipinski definition) is 4. The van der Waals surface area contributed by atoms with Gasteiger partial charge in [0.15, 0.2) is 0 Å². The molecule has 0 radical (unpaired) electrons. The van der Waals surface area contributed by atoms with Crippen molar-refractivity contribution in [3.8, 4) is 0 Å². The van der Waals surface area contributed by atoms with Crippen molar-refractivity contribution < 1.29 is 18.0 Å². The summed E-state index contributed by atoms with van der Waals surface area (Å²) < 4.78 is 39.3. The van der Waals surface area contributed by atoms with Gasteiger partial charge in [0.25, 0.3) is 5.91 Å². The predicted octanol–water partition coefficient (Wildman–Crippen LogP) is 3.19. The van der Waals surface area contributed by atoms with Gasteiger partial charge in [0.2, 0.25) is 0 Å². The van der Waals surface area contributed by atoms with E-state index < -0.39 is 28.7 Å². The van der Waals surface area contributed by atoms with Crippen molar-refractivity contribution in [1.29, 1.82) is 5.41 Å². The summed E-state index contributed by atoms with van der Waals surface area (Å²) in [7, 11) is 0. The third kappa shape index (κ3) is 4.24. The van der Waals surface area contributed by atoms with Crippen LogP contribution in [0.4, 0.5) is 13.2 Å². The quantitative estimate of drug-likeness (QED) is 0.566. The van der Waals surface area contributed by atoms with Crippen LogP contribution in [0.5, 0.6) is 0 Å². The Labute approximate surface area is 165 Å². The lowest BCUT2D eigenvalue weighted by molar-refractivity contribution is -0.137. The fraction of sp³-hybridized carbons (Fsp3) is 0.333. The van der Waals surface area contributed by atoms with Crippen LogP contribution in [-0.4, -0.2) is 29.1 Å². The molecule has 0 aliphatic carbocycles. The topological polar surface area (TPSA) is 108 Å². The molecule has 1 aromatic rings. The lowest BCUT2D eigenvalue weighted by Gasteiger charge is -2.40. The molecule has 1 aliphatic rings. The molecule has 0 bridgehead atoms. The van der Waals surface area contributed by atoms with Crippen LogP contribution in [0.25, 0.3) is 0 Å². The molecule has 1 amide bonds. The SMILES string of the molecule is CC1CC(N/C(N)=C/C=N)=C(N)C(C)N1C(=O)c1cccc(C(F)(F)F)c1Cl. The third-order valence-electron chi connectivity index (χ3n) is 4.52. The Morgan fingerprint density at radius 2 is 2.04 bits per heavy atom. The molecule has 0 saturated carbocycles. The lowest BCUT2D eigenvalue weighted by atomic mass is 9.96. The van der Waals surface area contributed by atoms with Crippen LogP contribution in [0, 0.1) is 5.41 Å². The number of allylic oxidation sites excluding steroid dienone is 1. The number of nitrogens with one attached hydrogen (secondary N) is 2. The van der Waals surface area contributed by atoms with Gasteiger partial charge in [0.1, 0.15) is 5.82 Å². The Morgan fingerprint density at radius 3 is 2.61 bits per heavy atom. The van der Waals surface area contributed by atoms with E-state index in [0.717, 1.165) is 18.3 Å². The molecule has 2 rings (SSSR count). The van der Waals surface area contributed by atoms with Crippen LogP contribution < -0.4 is 16.8 Å². The summed E-state index contributed by atoms with van der Waals surface area (Å²) >= 11 is 5.90. The summed E-state index contributed by atoms with van der Waals surface area (Å²) in [5, 5.41) is 9.29. The molecular formula is C18H21ClF3N5O. The number of benzene rings is 1. The second-order valence-corrected chi connectivity index (χ2v) is 6.83. The fourth-order valence-corrected chi connectivity index (χ4v) is 3.47. The van der Waals surface area contributed by atoms with Crippen molar-refractivity contribution in [3.63, 3.8) is 0 Å². The number of nitrogens with two attached hydrogens (primary N) is 2. The van der Waals surface area contributed by atoms with Crippen molar-refractivity contribution in [3.05, 3.63) is 57.6 Å². The second-order valence-electron chi connectivity index (χ2n) is 6.45. The number of halogens is 4. The third-order valence-corrected chi connectivity index (χ3v) is 4.92. The number of amides is 1. The monoisotopic (exact) mass is 415 g/mol. The summed E-state index contributed by atoms with van der Waals surface area (Å²) in [6.45, 7) is 3.42. The average molecular weight is 416 g/mol. The van der Waals surface area contributed by atoms with Crippen LogP contribution in [0.2, 0.25) is 5.02 Å². The van der Waals surface area contributed by atoms with E-state index in [0.29, 0.717) is 17.8 Å². The number of alkyl halides is 3. The van der Waals surface area contributed by atoms with E-state index in [1.807, 2.05) is 0 Å². The van der Waals surface area contributed by atoms with Gasteiger partial charge in [0, 0.05) is 24.4 Å². The molecule has 10 heteroatoms. The predicted molar refractivity (Wildman–Crippen MR) is 102 cm³/mol. The Bertz CT molecular complexity index is 850. The molecule has 6 N–H and O–H groups in total. The molecule has 2 atom stereocenters. The highest BCUT2D eigenvalue weighted by molar-refractivity contribution is 6.34. The minimum absolute atomic E-state index is 0.216. The van der Waals surface area contributed by atoms with E-state index in [-0.39, 0.29) is 17.4 Å². The first kappa shape index (κ1) is 21.6. The minimum atomic E-state index is -4.67. The molecule has 0 fully saturated rings. The Balaban J connectivity index is 2.39. The van der Waals surface area contributed by atoms with Gasteiger partial charge in [-0.05, 0) is 32.1 Å². The molecule has 1 heterocycles. The maximum Gasteiger partial charge on any atom is 0.417 e. The number of carbonyl (C=O) groups is 1. The molecule has 1 aromatic carbocycles. The van der Waals surface area contributed by atoms with Crippen LogP contribution >= 0.6 is 11.6 Å². The molecule has 28 heavy (non-hydrogen) atoms. The zero-order chi connectivity index (χ0) is 21.2. The van der Waals surface area contributed by atoms with E-state index in [1.54, 1.807) is 13.8 Å². The molecule has 6 nitrogen and oxygen atoms in total. The molecular weight excluding hydrogens is 395 g/mol. The molecule has 0 aromatic heterocycles. The highest BCUT2D eigenvalue weighted by Crippen LogP contribution is 2.37. The summed E-state index contributed by atoms with van der Waals surface area (Å²) in [6.07, 6.45) is -2.00. The molecule has 0 spiro atoms. The number of carbonyl (C=O) groups excluding carboxylic acids is 1. The number of hydrogen-bond acceptors (Lipinski definition) is 5. The Hall–Kier alpha value is -2.68. The van der Waals surface area contributed by atoms with Gasteiger partial charge in [-0.3, -0.25) is 4.79 Å². The highest BCUT2D eigenvalue weighted by atomic mass is 35.5. The van der Waals surface area contributed by atoms with Gasteiger partial charge in [-0.2, -0.15) is 13.2 Å². The zero-order valence-electron chi connectivity index (χ0n) is 15.3. The normalized spacial score (nSPS) is 20.9. The number of rotatable bonds is 4. The molecule has 1 aliphatic heterocycles. The first-order chi connectivity index (χ1) is 13.0. The lowest BCUT2D eigenvalue weighted by Crippen LogP contribution is -2.52. The van der Waals surface area contributed by atoms with E-state index in [4.69, 9.17) is 28.5 Å². The van der Waals surface area contributed by atoms with Crippen LogP contribution in [0.15, 0.2) is 41.5 Å². The first-order valence-corrected chi connectivity index (χ1v) is 8.77. The minimum Gasteiger partial charge on any atom is -0.399 e. The standard InChI is InChI=1S/C18H21ClF3N5O/c1-9-8-13(26-14(24)6-7-23)16(25)10(2)27(9)17(28)11-4-3-5-12(15(11)19)18(20,21)22/h3-7,9-10,23,26H,8,24-25H2,1-2H3/b14-6+,23-7?. The van der Waals surface area contributed by atoms with Crippen molar-refractivity contribution in [1.82, 2.24) is 10.2 Å². The van der Waals surface area contributed by atoms with Gasteiger partial charge in [-0.15, -0.1) is 0 Å². The van der Waals surface area contributed by atoms with Crippen molar-refractivity contribution >= 4 is 23.7 Å². The molecule has 152 valence electrons. The summed E-state index contributed by atoms with van der Waals surface area (Å²) in [5.74, 6) is -0.422. The fourth-order valence-electron chi connectivity index (χ4n) is 3.16. The largest absolute Gasteiger partial charge is 0.417 e. The van der Waals surface area contributed by atoms with Crippen molar-refractivity contribution in [2.75, 3.05) is 0 Å². The van der Waals surface area contributed by atoms with Gasteiger partial charge >= 0.3 is 6.18 Å². The van der Waals surface area contributed by atoms with E-state index >= 15 is 0 Å². The van der Waals surface area contributed by atoms with E-state index in [9.17, 15) is 18.0 Å². The second kappa shape index (κ2) is 8.14. The molecule has 2 unspecified atom stereocenters. The van der Waals surface area contributed by atoms with E-state index in [2.05, 4.69) is 5.32 Å². The van der Waals surface area contributed by atoms with Gasteiger partial charge in [-0.1, -0.05) is 17.7 Å². The van der Waals surface area contributed by atoms with E-state index in [1.165, 1.54) is 17.0 Å². The Kier molecular flexibility index (Phi) is 6.28. The number of nitrogens with zero attached hydrogens (tertiary/aromatic N) is 1. The Morgan fingerprint density at radius 1 is 1.39 bits per heavy atom. The molecule has 0 saturated heterocycles. The summed E-state index contributed by atoms with van der Waals surface area (Å²) in [6, 6.07) is 2.26. The van der Waals surface area contributed by atoms with Crippen LogP contribution in [0.1, 0.15) is 36.2 Å². The van der Waals surface area contributed by atoms with Gasteiger partial charge in [-0.25, -0.2) is 0 Å². The maximum atomic E-state index is 13.1. The first-order valence-electron chi connectivity index (χ1n) is 8.39. The highest BCUT2D eigenvalue weighted by Gasteiger charge is 2.38. The van der Waals surface area contributed by atoms with Gasteiger partial charge in [0.05, 0.1) is 27.9 Å². The zero-order valence-corrected chi connectivity index (χ0v) is 16.0. The van der Waals surface area contributed by atoms with Crippen molar-refractivity contribution in [2.45, 2.75) is 38.5 Å². The van der Waals surface area contributed by atoms with Crippen molar-refractivity contribution in [2.24, 2.45) is 11.5 Å². The van der Waals surface area contributed by atoms with Crippen LogP contribution in [0.3, 0.4) is 0 Å². The summed E-state index contributed by atoms with van der Waals surface area (Å²) in [5.41, 5.74) is 11.5. The average Bonchev–Trinajstić information content (AvgIpc) is 2.58. The smallest absolute Gasteiger partial charge is 0.399 e. The maximum absolute atomic E-state index is 13.1. The van der Waals surface area contributed by atoms with Crippen LogP contribution in [-0.2, 0) is 6.18 Å².